The normalized spacial score (nSPS) is 9.98. The summed E-state index contributed by atoms with van der Waals surface area (Å²) in [6.07, 6.45) is 0. The molecule has 48 heavy (non-hydrogen) atoms. The molecule has 8 rings (SSSR count). The summed E-state index contributed by atoms with van der Waals surface area (Å²) in [5.41, 5.74) is 10.8. The van der Waals surface area contributed by atoms with Gasteiger partial charge in [0, 0.05) is 0 Å². The minimum atomic E-state index is 0. The van der Waals surface area contributed by atoms with E-state index in [1.807, 2.05) is 0 Å². The molecule has 0 unspecified atom stereocenters. The van der Waals surface area contributed by atoms with E-state index < -0.39 is 0 Å². The maximum atomic E-state index is 3.06. The fraction of sp³-hybridized carbons (Fsp3) is 0.0909. The van der Waals surface area contributed by atoms with Gasteiger partial charge in [-0.2, -0.15) is 12.1 Å². The number of hydrogen-bond acceptors (Lipinski definition) is 0. The zero-order valence-electron chi connectivity index (χ0n) is 28.5. The molecule has 0 amide bonds. The van der Waals surface area contributed by atoms with Gasteiger partial charge in [0.25, 0.3) is 0 Å². The molecular formula is C44H42Cl2SiZr-4. The van der Waals surface area contributed by atoms with Crippen LogP contribution in [-0.4, -0.2) is 6.88 Å². The number of hydrogen-bond donors (Lipinski definition) is 0. The third-order valence-electron chi connectivity index (χ3n) is 8.60. The van der Waals surface area contributed by atoms with Crippen molar-refractivity contribution >= 4 is 74.8 Å². The molecule has 0 saturated carbocycles. The van der Waals surface area contributed by atoms with E-state index in [0.717, 1.165) is 0 Å². The summed E-state index contributed by atoms with van der Waals surface area (Å²) in [4.78, 5) is 0. The number of fused-ring (bicyclic) bond motifs is 4. The average molecular weight is 761 g/mol. The third-order valence-corrected chi connectivity index (χ3v) is 8.60. The van der Waals surface area contributed by atoms with Crippen LogP contribution in [0, 0.1) is 42.5 Å². The molecule has 0 aromatic heterocycles. The van der Waals surface area contributed by atoms with Crippen LogP contribution in [0.3, 0.4) is 0 Å². The minimum absolute atomic E-state index is 0. The molecular weight excluding hydrogens is 719 g/mol. The SMILES string of the molecule is Cc1cc2c(-c3cccc4ccccc34)c(C)ccc2[cH-]1.Cc1cc2c(-c3cccc4ccccc34)c(C)ccc2[cH-]1.Cl.Cl.[CH3-].[CH3-].[Si]=[Zr]. The van der Waals surface area contributed by atoms with Crippen molar-refractivity contribution in [2.24, 2.45) is 0 Å². The summed E-state index contributed by atoms with van der Waals surface area (Å²) >= 11 is 1.36. The van der Waals surface area contributed by atoms with Gasteiger partial charge in [0.2, 0.25) is 0 Å². The molecule has 2 radical (unpaired) electrons. The first-order valence-corrected chi connectivity index (χ1v) is 19.2. The van der Waals surface area contributed by atoms with Crippen LogP contribution < -0.4 is 0 Å². The van der Waals surface area contributed by atoms with E-state index in [4.69, 9.17) is 0 Å². The molecule has 0 N–H and O–H groups in total. The molecule has 4 heteroatoms. The van der Waals surface area contributed by atoms with Crippen molar-refractivity contribution in [3.8, 4) is 22.3 Å². The Hall–Kier alpha value is -3.26. The predicted molar refractivity (Wildman–Crippen MR) is 217 cm³/mol. The molecule has 0 fully saturated rings. The third kappa shape index (κ3) is 7.96. The Morgan fingerprint density at radius 1 is 0.438 bits per heavy atom. The van der Waals surface area contributed by atoms with Gasteiger partial charge in [-0.1, -0.05) is 121 Å². The zero-order valence-corrected chi connectivity index (χ0v) is 33.6. The van der Waals surface area contributed by atoms with Crippen LogP contribution in [0.25, 0.3) is 65.3 Å². The van der Waals surface area contributed by atoms with Crippen LogP contribution in [0.4, 0.5) is 0 Å². The molecule has 244 valence electrons. The Labute approximate surface area is 316 Å². The topological polar surface area (TPSA) is 0 Å². The monoisotopic (exact) mass is 758 g/mol. The quantitative estimate of drug-likeness (QED) is 0.122. The molecule has 0 bridgehead atoms. The van der Waals surface area contributed by atoms with Crippen LogP contribution in [0.1, 0.15) is 22.3 Å². The van der Waals surface area contributed by atoms with Crippen LogP contribution in [-0.2, 0) is 23.3 Å². The average Bonchev–Trinajstić information content (AvgIpc) is 3.63. The zero-order chi connectivity index (χ0) is 30.8. The standard InChI is InChI=1S/2C21H17.2CH3.2ClH.Si.Zr/c2*1-14-12-17-11-10-15(2)21(20(17)13-14)19-9-5-7-16-6-3-4-8-18(16)19;;;;;;/h2*3-13H,1-2H3;2*1H3;2*1H;;/q4*-1;;;;. The summed E-state index contributed by atoms with van der Waals surface area (Å²) in [6, 6.07) is 48.5. The van der Waals surface area contributed by atoms with Crippen molar-refractivity contribution in [2.75, 3.05) is 0 Å². The van der Waals surface area contributed by atoms with Crippen molar-refractivity contribution in [3.63, 3.8) is 0 Å². The molecule has 8 aromatic rings. The molecule has 0 aliphatic carbocycles. The van der Waals surface area contributed by atoms with Crippen LogP contribution in [0.2, 0.25) is 0 Å². The van der Waals surface area contributed by atoms with Gasteiger partial charge >= 0.3 is 30.2 Å². The van der Waals surface area contributed by atoms with Crippen molar-refractivity contribution in [1.29, 1.82) is 0 Å². The van der Waals surface area contributed by atoms with E-state index in [-0.39, 0.29) is 39.7 Å². The summed E-state index contributed by atoms with van der Waals surface area (Å²) in [6.45, 7) is 11.8. The van der Waals surface area contributed by atoms with Gasteiger partial charge in [0.05, 0.1) is 0 Å². The molecule has 0 spiro atoms. The number of aryl methyl sites for hydroxylation is 4. The van der Waals surface area contributed by atoms with Crippen LogP contribution >= 0.6 is 24.8 Å². The van der Waals surface area contributed by atoms with Crippen molar-refractivity contribution < 1.29 is 23.3 Å². The fourth-order valence-corrected chi connectivity index (χ4v) is 6.68. The van der Waals surface area contributed by atoms with Gasteiger partial charge in [-0.05, 0) is 46.5 Å². The van der Waals surface area contributed by atoms with E-state index in [2.05, 4.69) is 168 Å². The van der Waals surface area contributed by atoms with E-state index in [9.17, 15) is 0 Å². The fourth-order valence-electron chi connectivity index (χ4n) is 6.68. The summed E-state index contributed by atoms with van der Waals surface area (Å²) < 4.78 is 0. The van der Waals surface area contributed by atoms with Gasteiger partial charge in [-0.15, -0.1) is 93.9 Å². The van der Waals surface area contributed by atoms with Crippen LogP contribution in [0.15, 0.2) is 133 Å². The second kappa shape index (κ2) is 17.9. The Kier molecular flexibility index (Phi) is 15.3. The number of halogens is 2. The Morgan fingerprint density at radius 2 is 0.792 bits per heavy atom. The summed E-state index contributed by atoms with van der Waals surface area (Å²) in [5, 5.41) is 10.7. The van der Waals surface area contributed by atoms with Crippen molar-refractivity contribution in [1.82, 2.24) is 0 Å². The second-order valence-electron chi connectivity index (χ2n) is 11.6. The number of rotatable bonds is 2. The van der Waals surface area contributed by atoms with Crippen molar-refractivity contribution in [2.45, 2.75) is 27.7 Å². The van der Waals surface area contributed by atoms with Crippen LogP contribution in [0.5, 0.6) is 0 Å². The Bertz CT molecular complexity index is 2100. The first kappa shape index (κ1) is 40.9. The van der Waals surface area contributed by atoms with Gasteiger partial charge in [-0.3, -0.25) is 0 Å². The van der Waals surface area contributed by atoms with E-state index in [0.29, 0.717) is 0 Å². The van der Waals surface area contributed by atoms with Gasteiger partial charge in [0.1, 0.15) is 0 Å². The molecule has 0 aliphatic rings. The van der Waals surface area contributed by atoms with E-state index in [1.165, 1.54) is 111 Å². The molecule has 0 saturated heterocycles. The molecule has 0 aliphatic heterocycles. The van der Waals surface area contributed by atoms with Crippen molar-refractivity contribution in [3.05, 3.63) is 171 Å². The molecule has 0 nitrogen and oxygen atoms in total. The molecule has 8 aromatic carbocycles. The van der Waals surface area contributed by atoms with Gasteiger partial charge in [-0.25, -0.2) is 0 Å². The van der Waals surface area contributed by atoms with Gasteiger partial charge < -0.3 is 14.9 Å². The summed E-state index contributed by atoms with van der Waals surface area (Å²) in [7, 11) is 0. The first-order chi connectivity index (χ1) is 21.5. The number of benzene rings is 6. The van der Waals surface area contributed by atoms with E-state index >= 15 is 0 Å². The summed E-state index contributed by atoms with van der Waals surface area (Å²) in [5.74, 6) is 0. The predicted octanol–water partition coefficient (Wildman–Crippen LogP) is 13.4. The molecule has 0 heterocycles. The molecule has 0 atom stereocenters. The maximum absolute atomic E-state index is 3.06. The Morgan fingerprint density at radius 3 is 1.19 bits per heavy atom. The first-order valence-electron chi connectivity index (χ1n) is 15.0. The van der Waals surface area contributed by atoms with Gasteiger partial charge in [0.15, 0.2) is 0 Å². The Balaban J connectivity index is 0.000000294. The second-order valence-corrected chi connectivity index (χ2v) is 11.6. The van der Waals surface area contributed by atoms with E-state index in [1.54, 1.807) is 0 Å².